The van der Waals surface area contributed by atoms with Gasteiger partial charge in [0.2, 0.25) is 0 Å². The van der Waals surface area contributed by atoms with Crippen molar-refractivity contribution in [2.24, 2.45) is 5.92 Å². The van der Waals surface area contributed by atoms with Crippen molar-refractivity contribution in [2.45, 2.75) is 45.1 Å². The number of ether oxygens (including phenoxy) is 2. The SMILES string of the molecule is CCC1CCCCC1Oc1cc(OC)ccc1N. The molecule has 0 amide bonds. The summed E-state index contributed by atoms with van der Waals surface area (Å²) in [4.78, 5) is 0. The molecule has 2 rings (SSSR count). The Balaban J connectivity index is 2.11. The van der Waals surface area contributed by atoms with Crippen LogP contribution in [0.3, 0.4) is 0 Å². The fraction of sp³-hybridized carbons (Fsp3) is 0.600. The van der Waals surface area contributed by atoms with E-state index in [0.717, 1.165) is 17.9 Å². The Bertz CT molecular complexity index is 392. The number of rotatable bonds is 4. The molecule has 1 aromatic carbocycles. The predicted octanol–water partition coefficient (Wildman–Crippen LogP) is 3.63. The van der Waals surface area contributed by atoms with E-state index in [4.69, 9.17) is 15.2 Å². The van der Waals surface area contributed by atoms with Crippen molar-refractivity contribution < 1.29 is 9.47 Å². The second-order valence-corrected chi connectivity index (χ2v) is 5.01. The topological polar surface area (TPSA) is 44.5 Å². The largest absolute Gasteiger partial charge is 0.497 e. The minimum Gasteiger partial charge on any atom is -0.497 e. The van der Waals surface area contributed by atoms with Crippen molar-refractivity contribution in [2.75, 3.05) is 12.8 Å². The summed E-state index contributed by atoms with van der Waals surface area (Å²) in [6.45, 7) is 2.24. The predicted molar refractivity (Wildman–Crippen MR) is 74.1 cm³/mol. The highest BCUT2D eigenvalue weighted by atomic mass is 16.5. The molecule has 0 radical (unpaired) electrons. The van der Waals surface area contributed by atoms with Gasteiger partial charge in [0, 0.05) is 6.07 Å². The maximum absolute atomic E-state index is 6.13. The fourth-order valence-corrected chi connectivity index (χ4v) is 2.70. The molecule has 0 aliphatic heterocycles. The van der Waals surface area contributed by atoms with Crippen LogP contribution >= 0.6 is 0 Å². The molecule has 0 aromatic heterocycles. The molecular formula is C15H23NO2. The van der Waals surface area contributed by atoms with Gasteiger partial charge < -0.3 is 15.2 Å². The lowest BCUT2D eigenvalue weighted by atomic mass is 9.85. The van der Waals surface area contributed by atoms with Gasteiger partial charge in [0.1, 0.15) is 17.6 Å². The molecule has 1 aliphatic rings. The van der Waals surface area contributed by atoms with Crippen molar-refractivity contribution in [3.63, 3.8) is 0 Å². The maximum Gasteiger partial charge on any atom is 0.146 e. The average Bonchev–Trinajstić information content (AvgIpc) is 2.42. The van der Waals surface area contributed by atoms with Crippen LogP contribution in [0.5, 0.6) is 11.5 Å². The van der Waals surface area contributed by atoms with Gasteiger partial charge in [0.25, 0.3) is 0 Å². The van der Waals surface area contributed by atoms with Crippen LogP contribution in [-0.4, -0.2) is 13.2 Å². The highest BCUT2D eigenvalue weighted by molar-refractivity contribution is 5.55. The van der Waals surface area contributed by atoms with Gasteiger partial charge in [-0.2, -0.15) is 0 Å². The molecule has 2 atom stereocenters. The van der Waals surface area contributed by atoms with Crippen molar-refractivity contribution in [1.82, 2.24) is 0 Å². The van der Waals surface area contributed by atoms with Crippen LogP contribution in [0, 0.1) is 5.92 Å². The zero-order chi connectivity index (χ0) is 13.0. The van der Waals surface area contributed by atoms with E-state index in [1.807, 2.05) is 18.2 Å². The highest BCUT2D eigenvalue weighted by Crippen LogP contribution is 2.34. The fourth-order valence-electron chi connectivity index (χ4n) is 2.70. The first-order valence-corrected chi connectivity index (χ1v) is 6.84. The van der Waals surface area contributed by atoms with Gasteiger partial charge in [-0.15, -0.1) is 0 Å². The van der Waals surface area contributed by atoms with E-state index in [2.05, 4.69) is 6.92 Å². The molecule has 0 spiro atoms. The maximum atomic E-state index is 6.13. The molecular weight excluding hydrogens is 226 g/mol. The summed E-state index contributed by atoms with van der Waals surface area (Å²) in [6, 6.07) is 5.59. The van der Waals surface area contributed by atoms with Crippen molar-refractivity contribution in [3.05, 3.63) is 18.2 Å². The Kier molecular flexibility index (Phi) is 4.34. The molecule has 1 fully saturated rings. The standard InChI is InChI=1S/C15H23NO2/c1-3-11-6-4-5-7-14(11)18-15-10-12(17-2)8-9-13(15)16/h8-11,14H,3-7,16H2,1-2H3. The van der Waals surface area contributed by atoms with E-state index in [1.54, 1.807) is 7.11 Å². The van der Waals surface area contributed by atoms with Crippen molar-refractivity contribution in [1.29, 1.82) is 0 Å². The van der Waals surface area contributed by atoms with Crippen LogP contribution in [0.25, 0.3) is 0 Å². The highest BCUT2D eigenvalue weighted by Gasteiger charge is 2.25. The van der Waals surface area contributed by atoms with E-state index in [0.29, 0.717) is 17.7 Å². The summed E-state index contributed by atoms with van der Waals surface area (Å²) in [6.07, 6.45) is 6.46. The Morgan fingerprint density at radius 3 is 2.78 bits per heavy atom. The molecule has 0 bridgehead atoms. The zero-order valence-electron chi connectivity index (χ0n) is 11.3. The van der Waals surface area contributed by atoms with Gasteiger partial charge in [0.05, 0.1) is 12.8 Å². The number of methoxy groups -OCH3 is 1. The number of hydrogen-bond acceptors (Lipinski definition) is 3. The Hall–Kier alpha value is -1.38. The lowest BCUT2D eigenvalue weighted by Crippen LogP contribution is -2.30. The molecule has 2 N–H and O–H groups in total. The third-order valence-electron chi connectivity index (χ3n) is 3.86. The first-order valence-electron chi connectivity index (χ1n) is 6.84. The molecule has 1 aromatic rings. The third-order valence-corrected chi connectivity index (χ3v) is 3.86. The van der Waals surface area contributed by atoms with Gasteiger partial charge in [-0.25, -0.2) is 0 Å². The summed E-state index contributed by atoms with van der Waals surface area (Å²) >= 11 is 0. The molecule has 0 heterocycles. The van der Waals surface area contributed by atoms with Gasteiger partial charge >= 0.3 is 0 Å². The van der Waals surface area contributed by atoms with Crippen LogP contribution in [-0.2, 0) is 0 Å². The van der Waals surface area contributed by atoms with Crippen LogP contribution in [0.4, 0.5) is 5.69 Å². The first-order chi connectivity index (χ1) is 8.74. The number of nitrogen functional groups attached to an aromatic ring is 1. The van der Waals surface area contributed by atoms with Gasteiger partial charge in [-0.05, 0) is 43.7 Å². The summed E-state index contributed by atoms with van der Waals surface area (Å²) in [7, 11) is 1.66. The van der Waals surface area contributed by atoms with Gasteiger partial charge in [0.15, 0.2) is 0 Å². The molecule has 3 nitrogen and oxygen atoms in total. The lowest BCUT2D eigenvalue weighted by molar-refractivity contribution is 0.0909. The van der Waals surface area contributed by atoms with Crippen LogP contribution in [0.2, 0.25) is 0 Å². The Morgan fingerprint density at radius 1 is 1.28 bits per heavy atom. The van der Waals surface area contributed by atoms with E-state index >= 15 is 0 Å². The first kappa shape index (κ1) is 13.1. The molecule has 2 unspecified atom stereocenters. The van der Waals surface area contributed by atoms with E-state index in [9.17, 15) is 0 Å². The van der Waals surface area contributed by atoms with Crippen LogP contribution in [0.15, 0.2) is 18.2 Å². The minimum absolute atomic E-state index is 0.304. The van der Waals surface area contributed by atoms with Gasteiger partial charge in [-0.1, -0.05) is 13.3 Å². The Morgan fingerprint density at radius 2 is 2.06 bits per heavy atom. The van der Waals surface area contributed by atoms with Crippen LogP contribution in [0.1, 0.15) is 39.0 Å². The average molecular weight is 249 g/mol. The second kappa shape index (κ2) is 5.98. The molecule has 3 heteroatoms. The quantitative estimate of drug-likeness (QED) is 0.829. The number of benzene rings is 1. The number of hydrogen-bond donors (Lipinski definition) is 1. The monoisotopic (exact) mass is 249 g/mol. The zero-order valence-corrected chi connectivity index (χ0v) is 11.3. The smallest absolute Gasteiger partial charge is 0.146 e. The molecule has 100 valence electrons. The van der Waals surface area contributed by atoms with Crippen molar-refractivity contribution in [3.8, 4) is 11.5 Å². The molecule has 18 heavy (non-hydrogen) atoms. The normalized spacial score (nSPS) is 23.7. The summed E-state index contributed by atoms with van der Waals surface area (Å²) in [5.74, 6) is 2.21. The van der Waals surface area contributed by atoms with Gasteiger partial charge in [-0.3, -0.25) is 0 Å². The molecule has 1 aliphatic carbocycles. The van der Waals surface area contributed by atoms with Crippen LogP contribution < -0.4 is 15.2 Å². The number of nitrogens with two attached hydrogens (primary N) is 1. The number of anilines is 1. The minimum atomic E-state index is 0.304. The third kappa shape index (κ3) is 2.89. The summed E-state index contributed by atoms with van der Waals surface area (Å²) < 4.78 is 11.3. The van der Waals surface area contributed by atoms with E-state index in [-0.39, 0.29) is 0 Å². The Labute approximate surface area is 109 Å². The summed E-state index contributed by atoms with van der Waals surface area (Å²) in [5, 5.41) is 0. The van der Waals surface area contributed by atoms with E-state index < -0.39 is 0 Å². The van der Waals surface area contributed by atoms with E-state index in [1.165, 1.54) is 25.7 Å². The molecule has 1 saturated carbocycles. The summed E-state index contributed by atoms with van der Waals surface area (Å²) in [5.41, 5.74) is 6.66. The second-order valence-electron chi connectivity index (χ2n) is 5.01. The lowest BCUT2D eigenvalue weighted by Gasteiger charge is -2.31. The van der Waals surface area contributed by atoms with Crippen molar-refractivity contribution >= 4 is 5.69 Å². The molecule has 0 saturated heterocycles.